The molecule has 2 aromatic rings. The standard InChI is InChI=1S/C16H18O4/c17-13-7-1-3-9-15(13)19-11-5-6-12-20-16-10-4-2-8-14(16)18/h1-4,7-10,17-18H,5-6,11-12H2. The number of hydrogen-bond donors (Lipinski definition) is 2. The predicted molar refractivity (Wildman–Crippen MR) is 76.4 cm³/mol. The van der Waals surface area contributed by atoms with Crippen LogP contribution in [0.5, 0.6) is 23.0 Å². The highest BCUT2D eigenvalue weighted by Gasteiger charge is 2.01. The number of unbranched alkanes of at least 4 members (excludes halogenated alkanes) is 1. The lowest BCUT2D eigenvalue weighted by molar-refractivity contribution is 0.255. The number of para-hydroxylation sites is 4. The number of aromatic hydroxyl groups is 2. The van der Waals surface area contributed by atoms with Gasteiger partial charge in [-0.2, -0.15) is 0 Å². The Morgan fingerprint density at radius 1 is 0.650 bits per heavy atom. The van der Waals surface area contributed by atoms with Crippen molar-refractivity contribution in [1.82, 2.24) is 0 Å². The molecule has 0 fully saturated rings. The molecule has 106 valence electrons. The molecule has 0 heterocycles. The van der Waals surface area contributed by atoms with Crippen LogP contribution in [0.3, 0.4) is 0 Å². The Morgan fingerprint density at radius 2 is 1.05 bits per heavy atom. The highest BCUT2D eigenvalue weighted by molar-refractivity contribution is 5.38. The smallest absolute Gasteiger partial charge is 0.160 e. The molecule has 0 aliphatic rings. The zero-order valence-corrected chi connectivity index (χ0v) is 11.2. The lowest BCUT2D eigenvalue weighted by Crippen LogP contribution is -2.02. The van der Waals surface area contributed by atoms with Crippen LogP contribution in [0, 0.1) is 0 Å². The van der Waals surface area contributed by atoms with Crippen molar-refractivity contribution in [1.29, 1.82) is 0 Å². The second kappa shape index (κ2) is 7.28. The van der Waals surface area contributed by atoms with Crippen molar-refractivity contribution in [2.24, 2.45) is 0 Å². The molecular formula is C16H18O4. The molecule has 4 heteroatoms. The Morgan fingerprint density at radius 3 is 1.45 bits per heavy atom. The fourth-order valence-corrected chi connectivity index (χ4v) is 1.73. The Labute approximate surface area is 118 Å². The van der Waals surface area contributed by atoms with Gasteiger partial charge in [-0.05, 0) is 37.1 Å². The van der Waals surface area contributed by atoms with Gasteiger partial charge < -0.3 is 19.7 Å². The molecule has 0 bridgehead atoms. The molecule has 0 saturated carbocycles. The third-order valence-corrected chi connectivity index (χ3v) is 2.78. The Bertz CT molecular complexity index is 490. The molecule has 20 heavy (non-hydrogen) atoms. The summed E-state index contributed by atoms with van der Waals surface area (Å²) in [6, 6.07) is 13.8. The van der Waals surface area contributed by atoms with Gasteiger partial charge in [-0.15, -0.1) is 0 Å². The minimum absolute atomic E-state index is 0.151. The number of rotatable bonds is 7. The molecule has 0 radical (unpaired) electrons. The predicted octanol–water partition coefficient (Wildman–Crippen LogP) is 3.34. The number of phenolic OH excluding ortho intramolecular Hbond substituents is 2. The number of benzene rings is 2. The number of hydrogen-bond acceptors (Lipinski definition) is 4. The minimum atomic E-state index is 0.151. The molecule has 0 atom stereocenters. The fourth-order valence-electron chi connectivity index (χ4n) is 1.73. The molecule has 2 aromatic carbocycles. The molecule has 0 aromatic heterocycles. The summed E-state index contributed by atoms with van der Waals surface area (Å²) < 4.78 is 10.9. The van der Waals surface area contributed by atoms with Crippen molar-refractivity contribution in [2.75, 3.05) is 13.2 Å². The summed E-state index contributed by atoms with van der Waals surface area (Å²) in [5.41, 5.74) is 0. The van der Waals surface area contributed by atoms with Gasteiger partial charge in [0.05, 0.1) is 13.2 Å². The Kier molecular flexibility index (Phi) is 5.12. The van der Waals surface area contributed by atoms with Gasteiger partial charge in [0.1, 0.15) is 0 Å². The molecule has 0 saturated heterocycles. The van der Waals surface area contributed by atoms with Crippen molar-refractivity contribution in [3.05, 3.63) is 48.5 Å². The van der Waals surface area contributed by atoms with Gasteiger partial charge in [-0.3, -0.25) is 0 Å². The van der Waals surface area contributed by atoms with Crippen LogP contribution in [0.25, 0.3) is 0 Å². The van der Waals surface area contributed by atoms with Crippen molar-refractivity contribution >= 4 is 0 Å². The van der Waals surface area contributed by atoms with Gasteiger partial charge in [0.25, 0.3) is 0 Å². The molecule has 0 amide bonds. The first-order valence-corrected chi connectivity index (χ1v) is 6.59. The molecule has 0 aliphatic carbocycles. The van der Waals surface area contributed by atoms with Gasteiger partial charge in [0.15, 0.2) is 23.0 Å². The summed E-state index contributed by atoms with van der Waals surface area (Å²) in [4.78, 5) is 0. The fraction of sp³-hybridized carbons (Fsp3) is 0.250. The van der Waals surface area contributed by atoms with Crippen LogP contribution in [-0.4, -0.2) is 23.4 Å². The van der Waals surface area contributed by atoms with E-state index in [9.17, 15) is 10.2 Å². The Balaban J connectivity index is 1.63. The summed E-state index contributed by atoms with van der Waals surface area (Å²) in [5.74, 6) is 1.29. The topological polar surface area (TPSA) is 58.9 Å². The van der Waals surface area contributed by atoms with Crippen molar-refractivity contribution < 1.29 is 19.7 Å². The zero-order valence-electron chi connectivity index (χ0n) is 11.2. The monoisotopic (exact) mass is 274 g/mol. The summed E-state index contributed by atoms with van der Waals surface area (Å²) in [5, 5.41) is 19.0. The lowest BCUT2D eigenvalue weighted by atomic mass is 10.3. The first kappa shape index (κ1) is 14.1. The first-order chi connectivity index (χ1) is 9.77. The second-order valence-electron chi connectivity index (χ2n) is 4.34. The van der Waals surface area contributed by atoms with Crippen LogP contribution in [0.2, 0.25) is 0 Å². The van der Waals surface area contributed by atoms with E-state index in [1.54, 1.807) is 36.4 Å². The van der Waals surface area contributed by atoms with Gasteiger partial charge in [0, 0.05) is 0 Å². The average molecular weight is 274 g/mol. The molecule has 0 spiro atoms. The van der Waals surface area contributed by atoms with Crippen LogP contribution in [0.4, 0.5) is 0 Å². The van der Waals surface area contributed by atoms with E-state index in [2.05, 4.69) is 0 Å². The van der Waals surface area contributed by atoms with Crippen molar-refractivity contribution in [3.63, 3.8) is 0 Å². The van der Waals surface area contributed by atoms with E-state index in [-0.39, 0.29) is 11.5 Å². The van der Waals surface area contributed by atoms with E-state index in [1.165, 1.54) is 0 Å². The largest absolute Gasteiger partial charge is 0.504 e. The van der Waals surface area contributed by atoms with Crippen molar-refractivity contribution in [2.45, 2.75) is 12.8 Å². The zero-order chi connectivity index (χ0) is 14.2. The van der Waals surface area contributed by atoms with Crippen LogP contribution < -0.4 is 9.47 Å². The van der Waals surface area contributed by atoms with Gasteiger partial charge >= 0.3 is 0 Å². The average Bonchev–Trinajstić information content (AvgIpc) is 2.46. The molecule has 4 nitrogen and oxygen atoms in total. The number of phenols is 2. The summed E-state index contributed by atoms with van der Waals surface area (Å²) in [6.45, 7) is 1.03. The summed E-state index contributed by atoms with van der Waals surface area (Å²) in [6.07, 6.45) is 1.61. The highest BCUT2D eigenvalue weighted by Crippen LogP contribution is 2.25. The van der Waals surface area contributed by atoms with Crippen molar-refractivity contribution in [3.8, 4) is 23.0 Å². The molecule has 0 unspecified atom stereocenters. The number of ether oxygens (including phenoxy) is 2. The summed E-state index contributed by atoms with van der Waals surface area (Å²) in [7, 11) is 0. The van der Waals surface area contributed by atoms with E-state index in [0.717, 1.165) is 12.8 Å². The van der Waals surface area contributed by atoms with E-state index < -0.39 is 0 Å². The van der Waals surface area contributed by atoms with Gasteiger partial charge in [-0.25, -0.2) is 0 Å². The normalized spacial score (nSPS) is 10.2. The van der Waals surface area contributed by atoms with Crippen LogP contribution in [-0.2, 0) is 0 Å². The van der Waals surface area contributed by atoms with Crippen LogP contribution in [0.15, 0.2) is 48.5 Å². The molecule has 2 N–H and O–H groups in total. The SMILES string of the molecule is Oc1ccccc1OCCCCOc1ccccc1O. The first-order valence-electron chi connectivity index (χ1n) is 6.59. The second-order valence-corrected chi connectivity index (χ2v) is 4.34. The Hall–Kier alpha value is -2.36. The minimum Gasteiger partial charge on any atom is -0.504 e. The maximum absolute atomic E-state index is 9.51. The van der Waals surface area contributed by atoms with Gasteiger partial charge in [0.2, 0.25) is 0 Å². The van der Waals surface area contributed by atoms with E-state index in [0.29, 0.717) is 24.7 Å². The maximum atomic E-state index is 9.51. The van der Waals surface area contributed by atoms with Crippen LogP contribution >= 0.6 is 0 Å². The highest BCUT2D eigenvalue weighted by atomic mass is 16.5. The molecular weight excluding hydrogens is 256 g/mol. The van der Waals surface area contributed by atoms with E-state index >= 15 is 0 Å². The summed E-state index contributed by atoms with van der Waals surface area (Å²) >= 11 is 0. The molecule has 2 rings (SSSR count). The maximum Gasteiger partial charge on any atom is 0.160 e. The lowest BCUT2D eigenvalue weighted by Gasteiger charge is -2.09. The van der Waals surface area contributed by atoms with E-state index in [1.807, 2.05) is 12.1 Å². The quantitative estimate of drug-likeness (QED) is 0.760. The van der Waals surface area contributed by atoms with Gasteiger partial charge in [-0.1, -0.05) is 24.3 Å². The third-order valence-electron chi connectivity index (χ3n) is 2.78. The molecule has 0 aliphatic heterocycles. The van der Waals surface area contributed by atoms with Crippen LogP contribution in [0.1, 0.15) is 12.8 Å². The van der Waals surface area contributed by atoms with E-state index in [4.69, 9.17) is 9.47 Å². The third kappa shape index (κ3) is 4.09.